The fourth-order valence-corrected chi connectivity index (χ4v) is 2.26. The molecule has 0 atom stereocenters. The molecule has 2 aromatic heterocycles. The molecule has 2 heterocycles. The van der Waals surface area contributed by atoms with Gasteiger partial charge in [0.25, 0.3) is 0 Å². The lowest BCUT2D eigenvalue weighted by Gasteiger charge is -2.05. The van der Waals surface area contributed by atoms with Gasteiger partial charge < -0.3 is 5.32 Å². The summed E-state index contributed by atoms with van der Waals surface area (Å²) in [5, 5.41) is 7.71. The summed E-state index contributed by atoms with van der Waals surface area (Å²) in [6.45, 7) is 6.09. The zero-order valence-corrected chi connectivity index (χ0v) is 12.2. The second kappa shape index (κ2) is 5.77. The highest BCUT2D eigenvalue weighted by atomic mass is 16.1. The maximum absolute atomic E-state index is 11.4. The van der Waals surface area contributed by atoms with Crippen LogP contribution in [-0.2, 0) is 11.3 Å². The highest BCUT2D eigenvalue weighted by Crippen LogP contribution is 2.19. The molecule has 0 unspecified atom stereocenters. The Morgan fingerprint density at radius 3 is 3.05 bits per heavy atom. The van der Waals surface area contributed by atoms with E-state index in [1.54, 1.807) is 10.9 Å². The first kappa shape index (κ1) is 13.9. The highest BCUT2D eigenvalue weighted by Gasteiger charge is 2.11. The van der Waals surface area contributed by atoms with E-state index in [0.29, 0.717) is 23.4 Å². The number of nitrogens with one attached hydrogen (secondary N) is 1. The first-order valence-electron chi connectivity index (χ1n) is 6.83. The minimum absolute atomic E-state index is 0.313. The number of nitrogens with zero attached hydrogens (tertiary/aromatic N) is 4. The second-order valence-corrected chi connectivity index (χ2v) is 4.94. The van der Waals surface area contributed by atoms with E-state index in [-0.39, 0.29) is 5.91 Å². The van der Waals surface area contributed by atoms with Crippen LogP contribution < -0.4 is 5.32 Å². The van der Waals surface area contributed by atoms with Crippen molar-refractivity contribution in [2.24, 2.45) is 0 Å². The second-order valence-electron chi connectivity index (χ2n) is 4.94. The number of carbonyl (C=O) groups excluding carboxylic acids is 1. The van der Waals surface area contributed by atoms with Gasteiger partial charge in [-0.15, -0.1) is 0 Å². The topological polar surface area (TPSA) is 72.7 Å². The molecule has 6 heteroatoms. The number of amides is 1. The Morgan fingerprint density at radius 1 is 1.41 bits per heavy atom. The summed E-state index contributed by atoms with van der Waals surface area (Å²) in [4.78, 5) is 19.8. The maximum atomic E-state index is 11.4. The summed E-state index contributed by atoms with van der Waals surface area (Å²) < 4.78 is 1.79. The van der Waals surface area contributed by atoms with Crippen molar-refractivity contribution in [1.82, 2.24) is 19.7 Å². The highest BCUT2D eigenvalue weighted by molar-refractivity contribution is 6.03. The van der Waals surface area contributed by atoms with Gasteiger partial charge in [0.05, 0.1) is 18.1 Å². The van der Waals surface area contributed by atoms with E-state index < -0.39 is 0 Å². The van der Waals surface area contributed by atoms with E-state index >= 15 is 0 Å². The predicted octanol–water partition coefficient (Wildman–Crippen LogP) is 2.31. The van der Waals surface area contributed by atoms with Crippen LogP contribution in [0.15, 0.2) is 49.4 Å². The molecule has 0 radical (unpaired) electrons. The van der Waals surface area contributed by atoms with Crippen molar-refractivity contribution in [3.05, 3.63) is 60.6 Å². The molecule has 0 saturated heterocycles. The predicted molar refractivity (Wildman–Crippen MR) is 84.4 cm³/mol. The Morgan fingerprint density at radius 2 is 2.27 bits per heavy atom. The molecule has 0 aliphatic carbocycles. The van der Waals surface area contributed by atoms with Crippen molar-refractivity contribution in [2.45, 2.75) is 13.5 Å². The van der Waals surface area contributed by atoms with Gasteiger partial charge in [-0.05, 0) is 18.6 Å². The molecule has 22 heavy (non-hydrogen) atoms. The molecule has 0 aliphatic heterocycles. The van der Waals surface area contributed by atoms with E-state index in [4.69, 9.17) is 0 Å². The maximum Gasteiger partial charge on any atom is 0.248 e. The quantitative estimate of drug-likeness (QED) is 0.749. The molecular formula is C16H15N5O. The number of fused-ring (bicyclic) bond motifs is 1. The van der Waals surface area contributed by atoms with Gasteiger partial charge in [0.2, 0.25) is 5.91 Å². The Labute approximate surface area is 127 Å². The molecule has 110 valence electrons. The smallest absolute Gasteiger partial charge is 0.248 e. The van der Waals surface area contributed by atoms with E-state index in [9.17, 15) is 4.79 Å². The molecule has 1 amide bonds. The lowest BCUT2D eigenvalue weighted by atomic mass is 10.1. The van der Waals surface area contributed by atoms with Crippen molar-refractivity contribution in [3.8, 4) is 0 Å². The third-order valence-electron chi connectivity index (χ3n) is 3.28. The van der Waals surface area contributed by atoms with Gasteiger partial charge in [-0.3, -0.25) is 4.79 Å². The Hall–Kier alpha value is -3.02. The normalized spacial score (nSPS) is 10.6. The monoisotopic (exact) mass is 293 g/mol. The summed E-state index contributed by atoms with van der Waals surface area (Å²) in [5.74, 6) is 0.122. The van der Waals surface area contributed by atoms with E-state index in [1.165, 1.54) is 18.0 Å². The molecule has 6 nitrogen and oxygen atoms in total. The molecule has 0 bridgehead atoms. The number of aromatic nitrogens is 4. The lowest BCUT2D eigenvalue weighted by Crippen LogP contribution is -2.09. The van der Waals surface area contributed by atoms with Crippen LogP contribution in [-0.4, -0.2) is 25.7 Å². The van der Waals surface area contributed by atoms with Crippen LogP contribution in [0.3, 0.4) is 0 Å². The van der Waals surface area contributed by atoms with Gasteiger partial charge in [0.1, 0.15) is 12.1 Å². The van der Waals surface area contributed by atoms with Crippen LogP contribution in [0.5, 0.6) is 0 Å². The lowest BCUT2D eigenvalue weighted by molar-refractivity contribution is -0.111. The largest absolute Gasteiger partial charge is 0.306 e. The van der Waals surface area contributed by atoms with Crippen molar-refractivity contribution >= 4 is 22.8 Å². The molecular weight excluding hydrogens is 278 g/mol. The summed E-state index contributed by atoms with van der Waals surface area (Å²) >= 11 is 0. The fourth-order valence-electron chi connectivity index (χ4n) is 2.26. The van der Waals surface area contributed by atoms with Crippen LogP contribution in [0.4, 0.5) is 5.82 Å². The zero-order chi connectivity index (χ0) is 15.5. The molecule has 3 rings (SSSR count). The number of carbonyl (C=O) groups is 1. The van der Waals surface area contributed by atoms with Crippen LogP contribution >= 0.6 is 0 Å². The average Bonchev–Trinajstić information content (AvgIpc) is 2.91. The summed E-state index contributed by atoms with van der Waals surface area (Å²) in [7, 11) is 0. The van der Waals surface area contributed by atoms with Crippen molar-refractivity contribution in [1.29, 1.82) is 0 Å². The standard InChI is InChI=1S/C16H15N5O/c1-3-14(22)20-15-13-8-19-21(16(13)18-10-17-15)9-12-6-4-5-11(2)7-12/h3-8,10H,1,9H2,2H3,(H,17,18,20,22). The van der Waals surface area contributed by atoms with Gasteiger partial charge in [0.15, 0.2) is 5.65 Å². The van der Waals surface area contributed by atoms with Crippen LogP contribution in [0.25, 0.3) is 11.0 Å². The Bertz CT molecular complexity index is 853. The summed E-state index contributed by atoms with van der Waals surface area (Å²) in [6, 6.07) is 8.22. The molecule has 0 spiro atoms. The minimum atomic E-state index is -0.313. The number of hydrogen-bond acceptors (Lipinski definition) is 4. The van der Waals surface area contributed by atoms with Gasteiger partial charge in [-0.2, -0.15) is 5.10 Å². The van der Waals surface area contributed by atoms with Gasteiger partial charge in [0, 0.05) is 0 Å². The number of rotatable bonds is 4. The number of aryl methyl sites for hydroxylation is 1. The first-order chi connectivity index (χ1) is 10.7. The number of anilines is 1. The molecule has 3 aromatic rings. The van der Waals surface area contributed by atoms with Gasteiger partial charge >= 0.3 is 0 Å². The van der Waals surface area contributed by atoms with Crippen molar-refractivity contribution < 1.29 is 4.79 Å². The molecule has 0 saturated carbocycles. The van der Waals surface area contributed by atoms with Crippen LogP contribution in [0.1, 0.15) is 11.1 Å². The molecule has 0 aliphatic rings. The Kier molecular flexibility index (Phi) is 3.65. The summed E-state index contributed by atoms with van der Waals surface area (Å²) in [6.07, 6.45) is 4.27. The third-order valence-corrected chi connectivity index (χ3v) is 3.28. The molecule has 1 aromatic carbocycles. The molecule has 1 N–H and O–H groups in total. The van der Waals surface area contributed by atoms with Crippen LogP contribution in [0.2, 0.25) is 0 Å². The Balaban J connectivity index is 1.97. The van der Waals surface area contributed by atoms with E-state index in [0.717, 1.165) is 5.56 Å². The zero-order valence-electron chi connectivity index (χ0n) is 12.2. The molecule has 0 fully saturated rings. The van der Waals surface area contributed by atoms with Gasteiger partial charge in [-0.1, -0.05) is 36.4 Å². The third kappa shape index (κ3) is 2.71. The fraction of sp³-hybridized carbons (Fsp3) is 0.125. The van der Waals surface area contributed by atoms with Crippen molar-refractivity contribution in [3.63, 3.8) is 0 Å². The number of benzene rings is 1. The SMILES string of the molecule is C=CC(=O)Nc1ncnc2c1cnn2Cc1cccc(C)c1. The number of hydrogen-bond donors (Lipinski definition) is 1. The van der Waals surface area contributed by atoms with E-state index in [1.807, 2.05) is 12.1 Å². The average molecular weight is 293 g/mol. The first-order valence-corrected chi connectivity index (χ1v) is 6.83. The minimum Gasteiger partial charge on any atom is -0.306 e. The van der Waals surface area contributed by atoms with Crippen molar-refractivity contribution in [2.75, 3.05) is 5.32 Å². The van der Waals surface area contributed by atoms with Crippen LogP contribution in [0, 0.1) is 6.92 Å². The van der Waals surface area contributed by atoms with E-state index in [2.05, 4.69) is 46.0 Å². The van der Waals surface area contributed by atoms with Gasteiger partial charge in [-0.25, -0.2) is 14.6 Å². The summed E-state index contributed by atoms with van der Waals surface area (Å²) in [5.41, 5.74) is 3.01.